The molecular formula is C10H8ClNO2. The van der Waals surface area contributed by atoms with E-state index in [4.69, 9.17) is 16.9 Å². The molecule has 0 radical (unpaired) electrons. The summed E-state index contributed by atoms with van der Waals surface area (Å²) >= 11 is 5.85. The van der Waals surface area contributed by atoms with Crippen LogP contribution in [0.1, 0.15) is 15.9 Å². The lowest BCUT2D eigenvalue weighted by Gasteiger charge is -2.05. The van der Waals surface area contributed by atoms with Gasteiger partial charge in [0.15, 0.2) is 0 Å². The first-order chi connectivity index (χ1) is 6.70. The van der Waals surface area contributed by atoms with Crippen molar-refractivity contribution in [2.45, 2.75) is 6.42 Å². The molecule has 0 unspecified atom stereocenters. The summed E-state index contributed by atoms with van der Waals surface area (Å²) in [5.41, 5.74) is 0.866. The van der Waals surface area contributed by atoms with E-state index >= 15 is 0 Å². The zero-order valence-electron chi connectivity index (χ0n) is 7.58. The molecule has 1 rings (SSSR count). The van der Waals surface area contributed by atoms with Gasteiger partial charge in [-0.2, -0.15) is 5.26 Å². The van der Waals surface area contributed by atoms with Crippen molar-refractivity contribution in [1.29, 1.82) is 5.26 Å². The molecule has 14 heavy (non-hydrogen) atoms. The molecule has 0 bridgehead atoms. The summed E-state index contributed by atoms with van der Waals surface area (Å²) in [6.07, 6.45) is 0.101. The zero-order valence-corrected chi connectivity index (χ0v) is 8.34. The van der Waals surface area contributed by atoms with Crippen LogP contribution in [-0.4, -0.2) is 13.1 Å². The van der Waals surface area contributed by atoms with Gasteiger partial charge in [-0.25, -0.2) is 4.79 Å². The predicted molar refractivity (Wildman–Crippen MR) is 52.1 cm³/mol. The number of esters is 1. The molecular weight excluding hydrogens is 202 g/mol. The summed E-state index contributed by atoms with van der Waals surface area (Å²) in [6.45, 7) is 0. The Kier molecular flexibility index (Phi) is 3.49. The molecule has 4 heteroatoms. The number of methoxy groups -OCH3 is 1. The smallest absolute Gasteiger partial charge is 0.338 e. The van der Waals surface area contributed by atoms with Crippen molar-refractivity contribution < 1.29 is 9.53 Å². The third-order valence-electron chi connectivity index (χ3n) is 1.78. The van der Waals surface area contributed by atoms with Gasteiger partial charge in [0.2, 0.25) is 0 Å². The summed E-state index contributed by atoms with van der Waals surface area (Å²) in [6, 6.07) is 6.83. The second-order valence-corrected chi connectivity index (χ2v) is 3.00. The molecule has 72 valence electrons. The highest BCUT2D eigenvalue weighted by atomic mass is 35.5. The quantitative estimate of drug-likeness (QED) is 0.702. The zero-order chi connectivity index (χ0) is 10.6. The summed E-state index contributed by atoms with van der Waals surface area (Å²) in [7, 11) is 1.29. The van der Waals surface area contributed by atoms with E-state index in [1.165, 1.54) is 7.11 Å². The molecule has 0 N–H and O–H groups in total. The number of ether oxygens (including phenoxy) is 1. The molecule has 0 amide bonds. The molecule has 0 aliphatic heterocycles. The molecule has 0 aromatic heterocycles. The van der Waals surface area contributed by atoms with Gasteiger partial charge < -0.3 is 4.74 Å². The van der Waals surface area contributed by atoms with E-state index in [-0.39, 0.29) is 6.42 Å². The number of hydrogen-bond donors (Lipinski definition) is 0. The highest BCUT2D eigenvalue weighted by molar-refractivity contribution is 6.31. The van der Waals surface area contributed by atoms with Gasteiger partial charge in [-0.3, -0.25) is 0 Å². The van der Waals surface area contributed by atoms with Crippen molar-refractivity contribution in [3.63, 3.8) is 0 Å². The SMILES string of the molecule is COC(=O)c1cccc(Cl)c1CC#N. The van der Waals surface area contributed by atoms with Gasteiger partial charge in [-0.15, -0.1) is 0 Å². The average molecular weight is 210 g/mol. The molecule has 0 atom stereocenters. The van der Waals surface area contributed by atoms with Gasteiger partial charge in [-0.05, 0) is 17.7 Å². The Balaban J connectivity index is 3.22. The lowest BCUT2D eigenvalue weighted by atomic mass is 10.1. The van der Waals surface area contributed by atoms with Crippen molar-refractivity contribution in [3.8, 4) is 6.07 Å². The standard InChI is InChI=1S/C10H8ClNO2/c1-14-10(13)8-3-2-4-9(11)7(8)5-6-12/h2-4H,5H2,1H3. The van der Waals surface area contributed by atoms with E-state index in [9.17, 15) is 4.79 Å². The number of halogens is 1. The normalized spacial score (nSPS) is 9.21. The molecule has 1 aromatic carbocycles. The Morgan fingerprint density at radius 1 is 1.64 bits per heavy atom. The number of carbonyl (C=O) groups excluding carboxylic acids is 1. The van der Waals surface area contributed by atoms with E-state index in [1.54, 1.807) is 18.2 Å². The number of nitriles is 1. The second-order valence-electron chi connectivity index (χ2n) is 2.59. The van der Waals surface area contributed by atoms with Crippen LogP contribution in [0.15, 0.2) is 18.2 Å². The molecule has 0 saturated carbocycles. The van der Waals surface area contributed by atoms with Crippen molar-refractivity contribution >= 4 is 17.6 Å². The van der Waals surface area contributed by atoms with E-state index in [1.807, 2.05) is 6.07 Å². The van der Waals surface area contributed by atoms with Crippen molar-refractivity contribution in [2.24, 2.45) is 0 Å². The number of rotatable bonds is 2. The Labute approximate surface area is 86.9 Å². The molecule has 0 saturated heterocycles. The molecule has 0 aliphatic rings. The summed E-state index contributed by atoms with van der Waals surface area (Å²) in [4.78, 5) is 11.3. The maximum absolute atomic E-state index is 11.3. The lowest BCUT2D eigenvalue weighted by molar-refractivity contribution is 0.0599. The maximum atomic E-state index is 11.3. The monoisotopic (exact) mass is 209 g/mol. The first-order valence-electron chi connectivity index (χ1n) is 3.93. The topological polar surface area (TPSA) is 50.1 Å². The minimum atomic E-state index is -0.474. The maximum Gasteiger partial charge on any atom is 0.338 e. The van der Waals surface area contributed by atoms with Crippen LogP contribution in [0.25, 0.3) is 0 Å². The molecule has 1 aromatic rings. The molecule has 0 spiro atoms. The molecule has 0 aliphatic carbocycles. The molecule has 0 fully saturated rings. The van der Waals surface area contributed by atoms with Crippen LogP contribution in [0.5, 0.6) is 0 Å². The number of carbonyl (C=O) groups is 1. The highest BCUT2D eigenvalue weighted by Crippen LogP contribution is 2.21. The van der Waals surface area contributed by atoms with Crippen LogP contribution < -0.4 is 0 Å². The Hall–Kier alpha value is -1.53. The van der Waals surface area contributed by atoms with Crippen LogP contribution in [0.3, 0.4) is 0 Å². The fraction of sp³-hybridized carbons (Fsp3) is 0.200. The fourth-order valence-electron chi connectivity index (χ4n) is 1.12. The van der Waals surface area contributed by atoms with Crippen LogP contribution in [0.2, 0.25) is 5.02 Å². The summed E-state index contributed by atoms with van der Waals surface area (Å²) in [5, 5.41) is 8.97. The first-order valence-corrected chi connectivity index (χ1v) is 4.31. The van der Waals surface area contributed by atoms with E-state index in [2.05, 4.69) is 4.74 Å². The van der Waals surface area contributed by atoms with Gasteiger partial charge in [0.05, 0.1) is 25.2 Å². The van der Waals surface area contributed by atoms with Crippen molar-refractivity contribution in [3.05, 3.63) is 34.3 Å². The first kappa shape index (κ1) is 10.6. The Morgan fingerprint density at radius 2 is 2.36 bits per heavy atom. The minimum absolute atomic E-state index is 0.101. The summed E-state index contributed by atoms with van der Waals surface area (Å²) < 4.78 is 4.57. The minimum Gasteiger partial charge on any atom is -0.465 e. The van der Waals surface area contributed by atoms with Crippen LogP contribution >= 0.6 is 11.6 Å². The molecule has 3 nitrogen and oxygen atoms in total. The van der Waals surface area contributed by atoms with Crippen LogP contribution in [0.4, 0.5) is 0 Å². The van der Waals surface area contributed by atoms with Crippen LogP contribution in [-0.2, 0) is 11.2 Å². The van der Waals surface area contributed by atoms with E-state index < -0.39 is 5.97 Å². The van der Waals surface area contributed by atoms with E-state index in [0.29, 0.717) is 16.1 Å². The van der Waals surface area contributed by atoms with Crippen molar-refractivity contribution in [2.75, 3.05) is 7.11 Å². The largest absolute Gasteiger partial charge is 0.465 e. The third kappa shape index (κ3) is 2.04. The van der Waals surface area contributed by atoms with Crippen molar-refractivity contribution in [1.82, 2.24) is 0 Å². The van der Waals surface area contributed by atoms with E-state index in [0.717, 1.165) is 0 Å². The Morgan fingerprint density at radius 3 is 2.93 bits per heavy atom. The van der Waals surface area contributed by atoms with Gasteiger partial charge >= 0.3 is 5.97 Å². The fourth-order valence-corrected chi connectivity index (χ4v) is 1.36. The van der Waals surface area contributed by atoms with Crippen LogP contribution in [0, 0.1) is 11.3 Å². The number of hydrogen-bond acceptors (Lipinski definition) is 3. The molecule has 0 heterocycles. The highest BCUT2D eigenvalue weighted by Gasteiger charge is 2.13. The predicted octanol–water partition coefficient (Wildman–Crippen LogP) is 2.19. The third-order valence-corrected chi connectivity index (χ3v) is 2.13. The number of benzene rings is 1. The van der Waals surface area contributed by atoms with Gasteiger partial charge in [0, 0.05) is 5.02 Å². The average Bonchev–Trinajstić information content (AvgIpc) is 2.20. The van der Waals surface area contributed by atoms with Gasteiger partial charge in [0.1, 0.15) is 0 Å². The lowest BCUT2D eigenvalue weighted by Crippen LogP contribution is -2.05. The van der Waals surface area contributed by atoms with Gasteiger partial charge in [0.25, 0.3) is 0 Å². The summed E-state index contributed by atoms with van der Waals surface area (Å²) in [5.74, 6) is -0.474. The Bertz CT molecular complexity index is 396. The number of nitrogens with zero attached hydrogens (tertiary/aromatic N) is 1. The van der Waals surface area contributed by atoms with Gasteiger partial charge in [-0.1, -0.05) is 17.7 Å². The second kappa shape index (κ2) is 4.64.